The molecule has 2 N–H and O–H groups in total. The molecule has 0 bridgehead atoms. The van der Waals surface area contributed by atoms with Crippen LogP contribution >= 0.6 is 0 Å². The molecular formula is C23H20N4O3S. The van der Waals surface area contributed by atoms with Crippen LogP contribution in [0.2, 0.25) is 0 Å². The second-order valence-corrected chi connectivity index (χ2v) is 8.64. The van der Waals surface area contributed by atoms with Crippen LogP contribution in [0.3, 0.4) is 0 Å². The van der Waals surface area contributed by atoms with E-state index in [-0.39, 0.29) is 10.5 Å². The lowest BCUT2D eigenvalue weighted by molar-refractivity contribution is 0.102. The zero-order chi connectivity index (χ0) is 21.8. The molecule has 0 saturated carbocycles. The van der Waals surface area contributed by atoms with E-state index in [4.69, 9.17) is 0 Å². The second kappa shape index (κ2) is 8.45. The van der Waals surface area contributed by atoms with E-state index < -0.39 is 15.9 Å². The van der Waals surface area contributed by atoms with Gasteiger partial charge in [0.2, 0.25) is 0 Å². The van der Waals surface area contributed by atoms with E-state index in [1.165, 1.54) is 12.1 Å². The Hall–Kier alpha value is -3.91. The van der Waals surface area contributed by atoms with E-state index >= 15 is 0 Å². The molecule has 1 heterocycles. The molecule has 0 unspecified atom stereocenters. The zero-order valence-corrected chi connectivity index (χ0v) is 17.5. The Kier molecular flexibility index (Phi) is 5.55. The molecule has 31 heavy (non-hydrogen) atoms. The first-order chi connectivity index (χ1) is 14.9. The van der Waals surface area contributed by atoms with Crippen LogP contribution in [-0.2, 0) is 10.0 Å². The molecule has 3 aromatic carbocycles. The lowest BCUT2D eigenvalue weighted by Crippen LogP contribution is -2.16. The van der Waals surface area contributed by atoms with Crippen LogP contribution < -0.4 is 10.0 Å². The van der Waals surface area contributed by atoms with Gasteiger partial charge >= 0.3 is 0 Å². The lowest BCUT2D eigenvalue weighted by atomic mass is 10.2. The first kappa shape index (κ1) is 20.4. The minimum absolute atomic E-state index is 0.00643. The number of nitrogens with one attached hydrogen (secondary N) is 2. The van der Waals surface area contributed by atoms with Gasteiger partial charge in [-0.1, -0.05) is 24.3 Å². The van der Waals surface area contributed by atoms with Crippen LogP contribution in [0.1, 0.15) is 15.9 Å². The average molecular weight is 433 g/mol. The summed E-state index contributed by atoms with van der Waals surface area (Å²) in [6.07, 6.45) is 3.47. The third kappa shape index (κ3) is 4.81. The maximum Gasteiger partial charge on any atom is 0.261 e. The molecular weight excluding hydrogens is 412 g/mol. The molecule has 0 saturated heterocycles. The van der Waals surface area contributed by atoms with Crippen LogP contribution in [-0.4, -0.2) is 24.1 Å². The lowest BCUT2D eigenvalue weighted by Gasteiger charge is -2.11. The summed E-state index contributed by atoms with van der Waals surface area (Å²) in [7, 11) is -3.84. The largest absolute Gasteiger partial charge is 0.322 e. The molecule has 4 aromatic rings. The number of sulfonamides is 1. The monoisotopic (exact) mass is 432 g/mol. The molecule has 0 spiro atoms. The van der Waals surface area contributed by atoms with Crippen LogP contribution in [0.15, 0.2) is 96.2 Å². The number of hydrogen-bond acceptors (Lipinski definition) is 4. The number of amides is 1. The summed E-state index contributed by atoms with van der Waals surface area (Å²) in [6.45, 7) is 1.88. The number of carbonyl (C=O) groups is 1. The highest BCUT2D eigenvalue weighted by Gasteiger charge is 2.17. The summed E-state index contributed by atoms with van der Waals surface area (Å²) in [5.74, 6) is -0.412. The van der Waals surface area contributed by atoms with E-state index in [1.807, 2.05) is 25.1 Å². The molecule has 156 valence electrons. The second-order valence-electron chi connectivity index (χ2n) is 6.96. The SMILES string of the molecule is Cc1cccc(NS(=O)(=O)c2cccc(C(=O)Nc3cccc(-n4cccn4)c3)c2)c1. The van der Waals surface area contributed by atoms with Crippen LogP contribution in [0.25, 0.3) is 5.69 Å². The van der Waals surface area contributed by atoms with Crippen molar-refractivity contribution >= 4 is 27.3 Å². The molecule has 0 fully saturated rings. The minimum Gasteiger partial charge on any atom is -0.322 e. The standard InChI is InChI=1S/C23H20N4O3S/c1-17-6-2-9-20(14-17)26-31(29,30)22-11-3-7-18(15-22)23(28)25-19-8-4-10-21(16-19)27-13-5-12-24-27/h2-16,26H,1H3,(H,25,28). The number of anilines is 2. The van der Waals surface area contributed by atoms with Gasteiger partial charge in [-0.05, 0) is 67.1 Å². The maximum atomic E-state index is 12.8. The van der Waals surface area contributed by atoms with Crippen molar-refractivity contribution in [3.8, 4) is 5.69 Å². The molecule has 1 aromatic heterocycles. The van der Waals surface area contributed by atoms with Crippen molar-refractivity contribution < 1.29 is 13.2 Å². The fourth-order valence-corrected chi connectivity index (χ4v) is 4.17. The Morgan fingerprint density at radius 3 is 2.45 bits per heavy atom. The summed E-state index contributed by atoms with van der Waals surface area (Å²) < 4.78 is 29.8. The van der Waals surface area contributed by atoms with Gasteiger partial charge in [0.15, 0.2) is 0 Å². The molecule has 0 aliphatic heterocycles. The quantitative estimate of drug-likeness (QED) is 0.477. The van der Waals surface area contributed by atoms with E-state index in [0.29, 0.717) is 11.4 Å². The molecule has 0 atom stereocenters. The number of rotatable bonds is 6. The van der Waals surface area contributed by atoms with Gasteiger partial charge in [0.25, 0.3) is 15.9 Å². The fraction of sp³-hybridized carbons (Fsp3) is 0.0435. The Balaban J connectivity index is 1.54. The van der Waals surface area contributed by atoms with Crippen molar-refractivity contribution in [2.24, 2.45) is 0 Å². The first-order valence-electron chi connectivity index (χ1n) is 9.52. The molecule has 0 aliphatic rings. The number of hydrogen-bond donors (Lipinski definition) is 2. The van der Waals surface area contributed by atoms with Crippen molar-refractivity contribution in [3.63, 3.8) is 0 Å². The Morgan fingerprint density at radius 2 is 1.68 bits per heavy atom. The zero-order valence-electron chi connectivity index (χ0n) is 16.7. The third-order valence-electron chi connectivity index (χ3n) is 4.55. The summed E-state index contributed by atoms with van der Waals surface area (Å²) in [4.78, 5) is 12.8. The number of carbonyl (C=O) groups excluding carboxylic acids is 1. The highest BCUT2D eigenvalue weighted by Crippen LogP contribution is 2.20. The van der Waals surface area contributed by atoms with E-state index in [0.717, 1.165) is 11.3 Å². The number of benzene rings is 3. The highest BCUT2D eigenvalue weighted by atomic mass is 32.2. The maximum absolute atomic E-state index is 12.8. The van der Waals surface area contributed by atoms with Gasteiger partial charge in [0.1, 0.15) is 0 Å². The van der Waals surface area contributed by atoms with Gasteiger partial charge in [0, 0.05) is 29.3 Å². The molecule has 7 nitrogen and oxygen atoms in total. The third-order valence-corrected chi connectivity index (χ3v) is 5.93. The normalized spacial score (nSPS) is 11.1. The highest BCUT2D eigenvalue weighted by molar-refractivity contribution is 7.92. The Labute approximate surface area is 180 Å². The van der Waals surface area contributed by atoms with Crippen molar-refractivity contribution in [1.29, 1.82) is 0 Å². The van der Waals surface area contributed by atoms with Gasteiger partial charge in [-0.15, -0.1) is 0 Å². The van der Waals surface area contributed by atoms with Crippen molar-refractivity contribution in [2.75, 3.05) is 10.0 Å². The van der Waals surface area contributed by atoms with Crippen LogP contribution in [0.5, 0.6) is 0 Å². The predicted octanol–water partition coefficient (Wildman–Crippen LogP) is 4.23. The summed E-state index contributed by atoms with van der Waals surface area (Å²) in [5.41, 5.74) is 3.00. The van der Waals surface area contributed by atoms with E-state index in [1.54, 1.807) is 65.6 Å². The van der Waals surface area contributed by atoms with Gasteiger partial charge in [-0.2, -0.15) is 5.10 Å². The summed E-state index contributed by atoms with van der Waals surface area (Å²) in [6, 6.07) is 22.0. The minimum atomic E-state index is -3.84. The summed E-state index contributed by atoms with van der Waals surface area (Å²) >= 11 is 0. The van der Waals surface area contributed by atoms with Gasteiger partial charge in [-0.25, -0.2) is 13.1 Å². The van der Waals surface area contributed by atoms with Gasteiger partial charge < -0.3 is 5.32 Å². The topological polar surface area (TPSA) is 93.1 Å². The molecule has 4 rings (SSSR count). The predicted molar refractivity (Wildman–Crippen MR) is 120 cm³/mol. The Bertz CT molecular complexity index is 1330. The number of nitrogens with zero attached hydrogens (tertiary/aromatic N) is 2. The van der Waals surface area contributed by atoms with Crippen molar-refractivity contribution in [1.82, 2.24) is 9.78 Å². The van der Waals surface area contributed by atoms with Crippen LogP contribution in [0.4, 0.5) is 11.4 Å². The van der Waals surface area contributed by atoms with Gasteiger partial charge in [-0.3, -0.25) is 9.52 Å². The Morgan fingerprint density at radius 1 is 0.903 bits per heavy atom. The first-order valence-corrected chi connectivity index (χ1v) is 11.0. The molecule has 8 heteroatoms. The van der Waals surface area contributed by atoms with Gasteiger partial charge in [0.05, 0.1) is 10.6 Å². The fourth-order valence-electron chi connectivity index (χ4n) is 3.08. The number of aromatic nitrogens is 2. The molecule has 0 aliphatic carbocycles. The average Bonchev–Trinajstić information content (AvgIpc) is 3.29. The van der Waals surface area contributed by atoms with E-state index in [9.17, 15) is 13.2 Å². The molecule has 0 radical (unpaired) electrons. The number of aryl methyl sites for hydroxylation is 1. The summed E-state index contributed by atoms with van der Waals surface area (Å²) in [5, 5.41) is 6.97. The van der Waals surface area contributed by atoms with E-state index in [2.05, 4.69) is 15.1 Å². The van der Waals surface area contributed by atoms with Crippen molar-refractivity contribution in [2.45, 2.75) is 11.8 Å². The van der Waals surface area contributed by atoms with Crippen molar-refractivity contribution in [3.05, 3.63) is 102 Å². The smallest absolute Gasteiger partial charge is 0.261 e. The molecule has 1 amide bonds. The van der Waals surface area contributed by atoms with Crippen LogP contribution in [0, 0.1) is 6.92 Å².